The molecule has 2 aromatic carbocycles. The third-order valence-corrected chi connectivity index (χ3v) is 5.25. The van der Waals surface area contributed by atoms with Gasteiger partial charge in [0.2, 0.25) is 0 Å². The Morgan fingerprint density at radius 3 is 1.16 bits per heavy atom. The van der Waals surface area contributed by atoms with Gasteiger partial charge in [0.05, 0.1) is 38.6 Å². The number of hydrogen-bond donors (Lipinski definition) is 2. The molecule has 235 valence electrons. The average Bonchev–Trinajstić information content (AvgIpc) is 2.96. The Hall–Kier alpha value is -4.74. The summed E-state index contributed by atoms with van der Waals surface area (Å²) in [6, 6.07) is 11.5. The average molecular weight is 648 g/mol. The molecular formula is C30H32CuO12. The molecule has 0 atom stereocenters. The van der Waals surface area contributed by atoms with Crippen molar-refractivity contribution in [3.05, 3.63) is 81.9 Å². The molecule has 0 bridgehead atoms. The molecule has 2 N–H and O–H groups in total. The van der Waals surface area contributed by atoms with Crippen molar-refractivity contribution in [3.8, 4) is 0 Å². The van der Waals surface area contributed by atoms with Crippen molar-refractivity contribution < 1.29 is 75.0 Å². The maximum absolute atomic E-state index is 11.7. The van der Waals surface area contributed by atoms with Crippen LogP contribution in [0.4, 0.5) is 0 Å². The Morgan fingerprint density at radius 2 is 0.907 bits per heavy atom. The van der Waals surface area contributed by atoms with Crippen LogP contribution in [-0.4, -0.2) is 73.1 Å². The number of ketones is 2. The fourth-order valence-corrected chi connectivity index (χ4v) is 3.33. The Morgan fingerprint density at radius 1 is 0.605 bits per heavy atom. The van der Waals surface area contributed by atoms with Crippen molar-refractivity contribution in [1.82, 2.24) is 0 Å². The van der Waals surface area contributed by atoms with E-state index in [0.29, 0.717) is 0 Å². The van der Waals surface area contributed by atoms with E-state index < -0.39 is 58.1 Å². The van der Waals surface area contributed by atoms with Crippen LogP contribution >= 0.6 is 0 Å². The minimum Gasteiger partial charge on any atom is -0.506 e. The van der Waals surface area contributed by atoms with Gasteiger partial charge in [-0.25, -0.2) is 19.2 Å². The predicted molar refractivity (Wildman–Crippen MR) is 149 cm³/mol. The Bertz CT molecular complexity index is 1310. The zero-order valence-electron chi connectivity index (χ0n) is 24.3. The molecule has 0 aliphatic carbocycles. The number of esters is 4. The number of ether oxygens (including phenoxy) is 4. The molecule has 12 nitrogen and oxygen atoms in total. The number of carbonyl (C=O) groups is 6. The third-order valence-electron chi connectivity index (χ3n) is 5.25. The molecule has 0 fully saturated rings. The second kappa shape index (κ2) is 18.6. The summed E-state index contributed by atoms with van der Waals surface area (Å²) in [5.41, 5.74) is -0.244. The second-order valence-electron chi connectivity index (χ2n) is 8.15. The van der Waals surface area contributed by atoms with Crippen molar-refractivity contribution in [2.75, 3.05) is 27.4 Å². The van der Waals surface area contributed by atoms with Crippen LogP contribution in [0, 0.1) is 0 Å². The number of carbonyl (C=O) groups excluding carboxylic acids is 6. The van der Waals surface area contributed by atoms with Gasteiger partial charge in [0.15, 0.2) is 11.6 Å². The van der Waals surface area contributed by atoms with Crippen LogP contribution < -0.4 is 0 Å². The van der Waals surface area contributed by atoms with E-state index in [1.54, 1.807) is 13.8 Å². The Kier molecular flexibility index (Phi) is 16.6. The summed E-state index contributed by atoms with van der Waals surface area (Å²) in [6.07, 6.45) is 0. The first-order chi connectivity index (χ1) is 19.8. The third kappa shape index (κ3) is 10.9. The molecule has 0 heterocycles. The maximum atomic E-state index is 11.7. The largest absolute Gasteiger partial charge is 0.506 e. The predicted octanol–water partition coefficient (Wildman–Crippen LogP) is 3.79. The van der Waals surface area contributed by atoms with Crippen molar-refractivity contribution >= 4 is 47.0 Å². The van der Waals surface area contributed by atoms with Crippen molar-refractivity contribution in [2.24, 2.45) is 0 Å². The zero-order chi connectivity index (χ0) is 32.0. The SMILES string of the molecule is CCOC(=O)C(C(C)=O)=C(O)c1cccc(C(=O)OC)c1.CCOC(=O)C(C(C)=O)=C(O)c1cccc(C(=O)OC)c1.[Cu]. The molecule has 0 amide bonds. The van der Waals surface area contributed by atoms with Gasteiger partial charge in [0.25, 0.3) is 0 Å². The van der Waals surface area contributed by atoms with E-state index in [1.807, 2.05) is 0 Å². The fourth-order valence-electron chi connectivity index (χ4n) is 3.33. The van der Waals surface area contributed by atoms with E-state index in [-0.39, 0.29) is 52.5 Å². The first-order valence-electron chi connectivity index (χ1n) is 12.4. The minimum atomic E-state index is -0.911. The van der Waals surface area contributed by atoms with Gasteiger partial charge in [-0.3, -0.25) is 9.59 Å². The van der Waals surface area contributed by atoms with Crippen LogP contribution in [0.3, 0.4) is 0 Å². The quantitative estimate of drug-likeness (QED) is 0.0726. The second-order valence-corrected chi connectivity index (χ2v) is 8.15. The molecule has 0 aliphatic rings. The van der Waals surface area contributed by atoms with Crippen LogP contribution in [0.5, 0.6) is 0 Å². The molecule has 2 aromatic rings. The van der Waals surface area contributed by atoms with Crippen LogP contribution in [0.25, 0.3) is 11.5 Å². The number of aliphatic hydroxyl groups is 2. The molecule has 2 rings (SSSR count). The number of aliphatic hydroxyl groups excluding tert-OH is 2. The van der Waals surface area contributed by atoms with Gasteiger partial charge in [-0.05, 0) is 52.0 Å². The number of benzene rings is 2. The van der Waals surface area contributed by atoms with Crippen LogP contribution in [0.2, 0.25) is 0 Å². The van der Waals surface area contributed by atoms with Crippen LogP contribution in [-0.2, 0) is 55.2 Å². The van der Waals surface area contributed by atoms with Crippen LogP contribution in [0.15, 0.2) is 59.7 Å². The first-order valence-corrected chi connectivity index (χ1v) is 12.4. The van der Waals surface area contributed by atoms with E-state index in [4.69, 9.17) is 9.47 Å². The summed E-state index contributed by atoms with van der Waals surface area (Å²) >= 11 is 0. The smallest absolute Gasteiger partial charge is 0.345 e. The summed E-state index contributed by atoms with van der Waals surface area (Å²) in [5, 5.41) is 20.3. The van der Waals surface area contributed by atoms with Gasteiger partial charge in [0, 0.05) is 28.2 Å². The van der Waals surface area contributed by atoms with Gasteiger partial charge in [-0.15, -0.1) is 0 Å². The molecule has 43 heavy (non-hydrogen) atoms. The van der Waals surface area contributed by atoms with E-state index in [2.05, 4.69) is 9.47 Å². The number of hydrogen-bond acceptors (Lipinski definition) is 12. The number of methoxy groups -OCH3 is 2. The minimum absolute atomic E-state index is 0. The van der Waals surface area contributed by atoms with Crippen molar-refractivity contribution in [3.63, 3.8) is 0 Å². The van der Waals surface area contributed by atoms with Gasteiger partial charge in [-0.1, -0.05) is 24.3 Å². The van der Waals surface area contributed by atoms with E-state index in [1.165, 1.54) is 62.8 Å². The summed E-state index contributed by atoms with van der Waals surface area (Å²) in [4.78, 5) is 69.4. The Labute approximate surface area is 258 Å². The molecule has 0 saturated heterocycles. The molecule has 0 aromatic heterocycles. The van der Waals surface area contributed by atoms with Gasteiger partial charge in [0.1, 0.15) is 22.7 Å². The Balaban J connectivity index is 0.000000802. The van der Waals surface area contributed by atoms with E-state index in [0.717, 1.165) is 13.8 Å². The first kappa shape index (κ1) is 38.3. The van der Waals surface area contributed by atoms with E-state index in [9.17, 15) is 39.0 Å². The van der Waals surface area contributed by atoms with Crippen molar-refractivity contribution in [1.29, 1.82) is 0 Å². The molecule has 0 spiro atoms. The maximum Gasteiger partial charge on any atom is 0.345 e. The summed E-state index contributed by atoms with van der Waals surface area (Å²) in [5.74, 6) is -5.34. The number of rotatable bonds is 10. The van der Waals surface area contributed by atoms with Crippen LogP contribution in [0.1, 0.15) is 59.5 Å². The normalized spacial score (nSPS) is 11.1. The summed E-state index contributed by atoms with van der Waals surface area (Å²) in [6.45, 7) is 5.62. The van der Waals surface area contributed by atoms with Gasteiger partial charge < -0.3 is 29.2 Å². The molecule has 13 heteroatoms. The van der Waals surface area contributed by atoms with Gasteiger partial charge >= 0.3 is 23.9 Å². The topological polar surface area (TPSA) is 180 Å². The molecule has 0 saturated carbocycles. The monoisotopic (exact) mass is 647 g/mol. The van der Waals surface area contributed by atoms with Gasteiger partial charge in [-0.2, -0.15) is 0 Å². The van der Waals surface area contributed by atoms with E-state index >= 15 is 0 Å². The summed E-state index contributed by atoms with van der Waals surface area (Å²) < 4.78 is 18.6. The number of Topliss-reactive ketones (excluding diaryl/α,β-unsaturated/α-hetero) is 2. The molecule has 0 aliphatic heterocycles. The molecule has 0 unspecified atom stereocenters. The molecule has 1 radical (unpaired) electrons. The van der Waals surface area contributed by atoms with Crippen molar-refractivity contribution in [2.45, 2.75) is 27.7 Å². The zero-order valence-corrected chi connectivity index (χ0v) is 25.3. The molecular weight excluding hydrogens is 616 g/mol. The fraction of sp³-hybridized carbons (Fsp3) is 0.267. The standard InChI is InChI=1S/2C15H16O6.Cu/c2*1-4-21-15(19)12(9(2)16)13(17)10-6-5-7-11(8-10)14(18)20-3;/h2*5-8,17H,4H2,1-3H3;. The summed E-state index contributed by atoms with van der Waals surface area (Å²) in [7, 11) is 2.45.